The van der Waals surface area contributed by atoms with Crippen LogP contribution in [-0.4, -0.2) is 41.5 Å². The summed E-state index contributed by atoms with van der Waals surface area (Å²) in [7, 11) is 1.28. The molecule has 1 aromatic carbocycles. The molecule has 0 aromatic heterocycles. The lowest BCUT2D eigenvalue weighted by Crippen LogP contribution is -2.28. The molecule has 27 heavy (non-hydrogen) atoms. The van der Waals surface area contributed by atoms with Crippen molar-refractivity contribution in [2.75, 3.05) is 7.11 Å². The summed E-state index contributed by atoms with van der Waals surface area (Å²) in [5, 5.41) is 20.6. The van der Waals surface area contributed by atoms with Crippen molar-refractivity contribution < 1.29 is 29.3 Å². The molecule has 0 aliphatic carbocycles. The van der Waals surface area contributed by atoms with Gasteiger partial charge in [-0.3, -0.25) is 0 Å². The largest absolute Gasteiger partial charge is 0.507 e. The van der Waals surface area contributed by atoms with Gasteiger partial charge in [-0.25, -0.2) is 9.59 Å². The lowest BCUT2D eigenvalue weighted by atomic mass is 9.93. The second-order valence-corrected chi connectivity index (χ2v) is 6.69. The molecule has 6 heteroatoms. The Hall–Kier alpha value is -2.60. The molecular weight excluding hydrogens is 348 g/mol. The summed E-state index contributed by atoms with van der Waals surface area (Å²) in [4.78, 5) is 23.9. The predicted molar refractivity (Wildman–Crippen MR) is 100 cm³/mol. The van der Waals surface area contributed by atoms with Gasteiger partial charge >= 0.3 is 11.9 Å². The van der Waals surface area contributed by atoms with Gasteiger partial charge in [-0.15, -0.1) is 0 Å². The molecule has 0 amide bonds. The fourth-order valence-corrected chi connectivity index (χ4v) is 2.96. The van der Waals surface area contributed by atoms with E-state index in [2.05, 4.69) is 4.74 Å². The number of rotatable bonds is 3. The van der Waals surface area contributed by atoms with Crippen molar-refractivity contribution in [2.45, 2.75) is 44.8 Å². The van der Waals surface area contributed by atoms with Crippen molar-refractivity contribution in [3.8, 4) is 5.75 Å². The highest BCUT2D eigenvalue weighted by Gasteiger charge is 2.25. The maximum absolute atomic E-state index is 12.7. The van der Waals surface area contributed by atoms with E-state index in [0.29, 0.717) is 18.4 Å². The molecule has 146 valence electrons. The molecule has 0 bridgehead atoms. The minimum Gasteiger partial charge on any atom is -0.507 e. The number of aliphatic hydroxyl groups excluding tert-OH is 1. The number of allylic oxidation sites excluding steroid dienone is 2. The van der Waals surface area contributed by atoms with Crippen LogP contribution in [0.4, 0.5) is 0 Å². The number of hydrogen-bond acceptors (Lipinski definition) is 6. The molecule has 0 saturated carbocycles. The molecule has 1 aromatic rings. The Balaban J connectivity index is 2.29. The number of carbonyl (C=O) groups is 2. The maximum Gasteiger partial charge on any atom is 0.342 e. The maximum atomic E-state index is 12.7. The van der Waals surface area contributed by atoms with Crippen LogP contribution in [0.15, 0.2) is 42.5 Å². The van der Waals surface area contributed by atoms with Gasteiger partial charge in [-0.1, -0.05) is 37.3 Å². The Morgan fingerprint density at radius 2 is 2.15 bits per heavy atom. The molecule has 1 heterocycles. The molecule has 2 rings (SSSR count). The van der Waals surface area contributed by atoms with Gasteiger partial charge in [0.05, 0.1) is 13.2 Å². The second-order valence-electron chi connectivity index (χ2n) is 6.69. The van der Waals surface area contributed by atoms with E-state index in [1.54, 1.807) is 18.2 Å². The van der Waals surface area contributed by atoms with E-state index in [9.17, 15) is 19.8 Å². The molecule has 0 saturated heterocycles. The predicted octanol–water partition coefficient (Wildman–Crippen LogP) is 2.93. The third kappa shape index (κ3) is 5.96. The zero-order valence-electron chi connectivity index (χ0n) is 15.6. The van der Waals surface area contributed by atoms with E-state index >= 15 is 0 Å². The molecule has 0 radical (unpaired) electrons. The number of benzene rings is 1. The number of carbonyl (C=O) groups excluding carboxylic acids is 2. The number of ether oxygens (including phenoxy) is 2. The van der Waals surface area contributed by atoms with Crippen LogP contribution in [0.2, 0.25) is 0 Å². The number of cyclic esters (lactones) is 1. The minimum absolute atomic E-state index is 0.00453. The van der Waals surface area contributed by atoms with Gasteiger partial charge in [-0.05, 0) is 30.4 Å². The molecule has 3 atom stereocenters. The lowest BCUT2D eigenvalue weighted by molar-refractivity contribution is -0.134. The summed E-state index contributed by atoms with van der Waals surface area (Å²) in [6, 6.07) is 4.90. The van der Waals surface area contributed by atoms with Crippen LogP contribution < -0.4 is 0 Å². The van der Waals surface area contributed by atoms with Crippen LogP contribution in [0.5, 0.6) is 5.75 Å². The summed E-state index contributed by atoms with van der Waals surface area (Å²) >= 11 is 0. The highest BCUT2D eigenvalue weighted by atomic mass is 16.5. The van der Waals surface area contributed by atoms with Gasteiger partial charge in [0.1, 0.15) is 17.4 Å². The van der Waals surface area contributed by atoms with Gasteiger partial charge in [0.25, 0.3) is 0 Å². The first-order chi connectivity index (χ1) is 12.9. The lowest BCUT2D eigenvalue weighted by Gasteiger charge is -2.24. The van der Waals surface area contributed by atoms with E-state index in [1.165, 1.54) is 19.3 Å². The Morgan fingerprint density at radius 3 is 2.89 bits per heavy atom. The van der Waals surface area contributed by atoms with Crippen molar-refractivity contribution in [2.24, 2.45) is 5.92 Å². The fraction of sp³-hybridized carbons (Fsp3) is 0.429. The molecule has 1 aliphatic rings. The van der Waals surface area contributed by atoms with Crippen molar-refractivity contribution >= 4 is 11.9 Å². The molecular formula is C21H26O6. The summed E-state index contributed by atoms with van der Waals surface area (Å²) in [6.45, 7) is 1.93. The van der Waals surface area contributed by atoms with Crippen LogP contribution in [-0.2, 0) is 20.7 Å². The van der Waals surface area contributed by atoms with Crippen LogP contribution >= 0.6 is 0 Å². The molecule has 1 aliphatic heterocycles. The van der Waals surface area contributed by atoms with Crippen LogP contribution in [0.25, 0.3) is 0 Å². The summed E-state index contributed by atoms with van der Waals surface area (Å²) in [5.41, 5.74) is 0.807. The van der Waals surface area contributed by atoms with Crippen molar-refractivity contribution in [1.82, 2.24) is 0 Å². The van der Waals surface area contributed by atoms with Gasteiger partial charge in [0.15, 0.2) is 0 Å². The SMILES string of the molecule is COC(=O)C=CCC1C[C@@H](O)[C@@H](C)CC=CCc2cccc(O)c2C(=O)O1. The number of aromatic hydroxyl groups is 1. The van der Waals surface area contributed by atoms with E-state index in [-0.39, 0.29) is 30.1 Å². The minimum atomic E-state index is -0.665. The van der Waals surface area contributed by atoms with E-state index in [4.69, 9.17) is 4.74 Å². The van der Waals surface area contributed by atoms with Gasteiger partial charge in [-0.2, -0.15) is 0 Å². The first-order valence-electron chi connectivity index (χ1n) is 9.01. The normalized spacial score (nSPS) is 23.8. The fourth-order valence-electron chi connectivity index (χ4n) is 2.96. The molecule has 0 spiro atoms. The third-order valence-corrected chi connectivity index (χ3v) is 4.63. The average molecular weight is 374 g/mol. The molecule has 6 nitrogen and oxygen atoms in total. The smallest absolute Gasteiger partial charge is 0.342 e. The number of aliphatic hydroxyl groups is 1. The average Bonchev–Trinajstić information content (AvgIpc) is 2.63. The van der Waals surface area contributed by atoms with Gasteiger partial charge in [0.2, 0.25) is 0 Å². The molecule has 1 unspecified atom stereocenters. The van der Waals surface area contributed by atoms with Crippen molar-refractivity contribution in [3.63, 3.8) is 0 Å². The van der Waals surface area contributed by atoms with Crippen molar-refractivity contribution in [1.29, 1.82) is 0 Å². The van der Waals surface area contributed by atoms with E-state index in [1.807, 2.05) is 19.1 Å². The highest BCUT2D eigenvalue weighted by molar-refractivity contribution is 5.94. The standard InChI is InChI=1S/C21H26O6/c1-14-7-3-4-8-15-9-5-11-17(22)20(15)21(25)27-16(13-18(14)23)10-6-12-19(24)26-2/h3-6,9,11-12,14,16,18,22-23H,7-8,10,13H2,1-2H3/t14-,16?,18+/m0/s1. The monoisotopic (exact) mass is 374 g/mol. The van der Waals surface area contributed by atoms with E-state index in [0.717, 1.165) is 0 Å². The Bertz CT molecular complexity index is 721. The number of fused-ring (bicyclic) bond motifs is 1. The van der Waals surface area contributed by atoms with E-state index < -0.39 is 24.1 Å². The number of hydrogen-bond donors (Lipinski definition) is 2. The Labute approximate surface area is 159 Å². The topological polar surface area (TPSA) is 93.1 Å². The third-order valence-electron chi connectivity index (χ3n) is 4.63. The van der Waals surface area contributed by atoms with Crippen LogP contribution in [0.1, 0.15) is 42.1 Å². The first kappa shape index (κ1) is 20.7. The van der Waals surface area contributed by atoms with Gasteiger partial charge in [0, 0.05) is 18.9 Å². The molecule has 0 fully saturated rings. The summed E-state index contributed by atoms with van der Waals surface area (Å²) in [6.07, 6.45) is 7.07. The summed E-state index contributed by atoms with van der Waals surface area (Å²) in [5.74, 6) is -1.29. The zero-order chi connectivity index (χ0) is 19.8. The van der Waals surface area contributed by atoms with Crippen molar-refractivity contribution in [3.05, 3.63) is 53.6 Å². The van der Waals surface area contributed by atoms with Crippen LogP contribution in [0.3, 0.4) is 0 Å². The number of methoxy groups -OCH3 is 1. The first-order valence-corrected chi connectivity index (χ1v) is 9.01. The quantitative estimate of drug-likeness (QED) is 0.480. The number of phenols is 1. The zero-order valence-corrected chi connectivity index (χ0v) is 15.6. The number of esters is 2. The summed E-state index contributed by atoms with van der Waals surface area (Å²) < 4.78 is 10.1. The number of phenolic OH excluding ortho intramolecular Hbond substituents is 1. The van der Waals surface area contributed by atoms with Gasteiger partial charge < -0.3 is 19.7 Å². The Kier molecular flexibility index (Phi) is 7.61. The van der Waals surface area contributed by atoms with Crippen LogP contribution in [0, 0.1) is 5.92 Å². The highest BCUT2D eigenvalue weighted by Crippen LogP contribution is 2.26. The molecule has 2 N–H and O–H groups in total. The Morgan fingerprint density at radius 1 is 1.37 bits per heavy atom. The second kappa shape index (κ2) is 9.92.